The summed E-state index contributed by atoms with van der Waals surface area (Å²) in [5.41, 5.74) is 2.28. The molecule has 0 saturated carbocycles. The minimum atomic E-state index is -0.0480. The Bertz CT molecular complexity index is 597. The maximum absolute atomic E-state index is 6.35. The van der Waals surface area contributed by atoms with Crippen LogP contribution in [0.5, 0.6) is 0 Å². The first kappa shape index (κ1) is 14.9. The first-order chi connectivity index (χ1) is 10.2. The molecule has 0 bridgehead atoms. The van der Waals surface area contributed by atoms with E-state index in [0.717, 1.165) is 23.8 Å². The van der Waals surface area contributed by atoms with Crippen LogP contribution in [0.15, 0.2) is 24.3 Å². The molecule has 2 heterocycles. The van der Waals surface area contributed by atoms with Crippen molar-refractivity contribution in [2.24, 2.45) is 5.92 Å². The van der Waals surface area contributed by atoms with Crippen molar-refractivity contribution in [3.8, 4) is 0 Å². The van der Waals surface area contributed by atoms with Gasteiger partial charge in [-0.1, -0.05) is 19.1 Å². The Kier molecular flexibility index (Phi) is 4.51. The molecule has 1 aliphatic heterocycles. The molecule has 114 valence electrons. The van der Waals surface area contributed by atoms with Crippen LogP contribution >= 0.6 is 11.6 Å². The van der Waals surface area contributed by atoms with Gasteiger partial charge in [-0.25, -0.2) is 4.98 Å². The van der Waals surface area contributed by atoms with Crippen molar-refractivity contribution in [3.05, 3.63) is 30.1 Å². The van der Waals surface area contributed by atoms with Gasteiger partial charge >= 0.3 is 0 Å². The number of hydrogen-bond donors (Lipinski definition) is 0. The summed E-state index contributed by atoms with van der Waals surface area (Å²) < 4.78 is 2.35. The highest BCUT2D eigenvalue weighted by Gasteiger charge is 2.22. The number of piperidine rings is 1. The zero-order chi connectivity index (χ0) is 14.8. The molecule has 1 aliphatic rings. The van der Waals surface area contributed by atoms with Gasteiger partial charge in [0.25, 0.3) is 0 Å². The Morgan fingerprint density at radius 3 is 2.67 bits per heavy atom. The Morgan fingerprint density at radius 2 is 2.00 bits per heavy atom. The summed E-state index contributed by atoms with van der Waals surface area (Å²) >= 11 is 6.35. The Hall–Kier alpha value is -1.06. The summed E-state index contributed by atoms with van der Waals surface area (Å²) in [4.78, 5) is 7.26. The fraction of sp³-hybridized carbons (Fsp3) is 0.588. The van der Waals surface area contributed by atoms with E-state index in [0.29, 0.717) is 0 Å². The maximum atomic E-state index is 6.35. The lowest BCUT2D eigenvalue weighted by atomic mass is 9.96. The molecule has 1 unspecified atom stereocenters. The highest BCUT2D eigenvalue weighted by atomic mass is 35.5. The van der Waals surface area contributed by atoms with E-state index in [9.17, 15) is 0 Å². The molecule has 0 spiro atoms. The number of nitrogens with zero attached hydrogens (tertiary/aromatic N) is 3. The van der Waals surface area contributed by atoms with Crippen molar-refractivity contribution < 1.29 is 0 Å². The Balaban J connectivity index is 1.84. The first-order valence-electron chi connectivity index (χ1n) is 8.00. The molecule has 3 rings (SSSR count). The quantitative estimate of drug-likeness (QED) is 0.794. The summed E-state index contributed by atoms with van der Waals surface area (Å²) in [6, 6.07) is 8.37. The van der Waals surface area contributed by atoms with Crippen LogP contribution in [0.4, 0.5) is 0 Å². The van der Waals surface area contributed by atoms with E-state index in [1.54, 1.807) is 0 Å². The zero-order valence-electron chi connectivity index (χ0n) is 12.9. The van der Waals surface area contributed by atoms with E-state index in [1.807, 2.05) is 13.0 Å². The molecule has 1 aromatic carbocycles. The molecule has 1 atom stereocenters. The summed E-state index contributed by atoms with van der Waals surface area (Å²) in [7, 11) is 0. The van der Waals surface area contributed by atoms with Crippen LogP contribution in [0.25, 0.3) is 11.0 Å². The molecule has 4 heteroatoms. The van der Waals surface area contributed by atoms with Crippen LogP contribution < -0.4 is 0 Å². The molecule has 0 N–H and O–H groups in total. The number of likely N-dealkylation sites (tertiary alicyclic amines) is 1. The number of benzene rings is 1. The third kappa shape index (κ3) is 3.09. The van der Waals surface area contributed by atoms with E-state index in [4.69, 9.17) is 16.6 Å². The average molecular weight is 306 g/mol. The number of imidazole rings is 1. The van der Waals surface area contributed by atoms with Crippen LogP contribution in [0.1, 0.15) is 37.9 Å². The van der Waals surface area contributed by atoms with Gasteiger partial charge in [0.15, 0.2) is 0 Å². The molecule has 2 aromatic rings. The summed E-state index contributed by atoms with van der Waals surface area (Å²) in [5, 5.41) is -0.0480. The van der Waals surface area contributed by atoms with Crippen molar-refractivity contribution >= 4 is 22.6 Å². The molecular formula is C17H24ClN3. The van der Waals surface area contributed by atoms with Gasteiger partial charge in [0.2, 0.25) is 0 Å². The first-order valence-corrected chi connectivity index (χ1v) is 8.44. The van der Waals surface area contributed by atoms with Crippen molar-refractivity contribution in [1.82, 2.24) is 14.5 Å². The molecule has 21 heavy (non-hydrogen) atoms. The number of rotatable bonds is 4. The zero-order valence-corrected chi connectivity index (χ0v) is 13.7. The van der Waals surface area contributed by atoms with E-state index in [-0.39, 0.29) is 5.38 Å². The number of aromatic nitrogens is 2. The van der Waals surface area contributed by atoms with Gasteiger partial charge in [0.1, 0.15) is 5.82 Å². The molecule has 3 nitrogen and oxygen atoms in total. The highest BCUT2D eigenvalue weighted by molar-refractivity contribution is 6.20. The van der Waals surface area contributed by atoms with E-state index in [2.05, 4.69) is 34.6 Å². The van der Waals surface area contributed by atoms with Crippen LogP contribution in [0.3, 0.4) is 0 Å². The number of fused-ring (bicyclic) bond motifs is 1. The third-order valence-corrected chi connectivity index (χ3v) is 4.83. The van der Waals surface area contributed by atoms with Crippen LogP contribution in [0.2, 0.25) is 0 Å². The van der Waals surface area contributed by atoms with Crippen molar-refractivity contribution in [1.29, 1.82) is 0 Å². The normalized spacial score (nSPS) is 19.2. The SMILES string of the molecule is CCN1CCC(Cn2c(C(C)Cl)nc3ccccc32)CC1. The Labute approximate surface area is 131 Å². The maximum Gasteiger partial charge on any atom is 0.127 e. The minimum absolute atomic E-state index is 0.0480. The number of hydrogen-bond acceptors (Lipinski definition) is 2. The van der Waals surface area contributed by atoms with E-state index < -0.39 is 0 Å². The van der Waals surface area contributed by atoms with Crippen molar-refractivity contribution in [2.45, 2.75) is 38.6 Å². The van der Waals surface area contributed by atoms with Gasteiger partial charge in [-0.3, -0.25) is 0 Å². The average Bonchev–Trinajstić information content (AvgIpc) is 2.87. The molecule has 1 saturated heterocycles. The lowest BCUT2D eigenvalue weighted by molar-refractivity contribution is 0.181. The largest absolute Gasteiger partial charge is 0.326 e. The standard InChI is InChI=1S/C17H24ClN3/c1-3-20-10-8-14(9-11-20)12-21-16-7-5-4-6-15(16)19-17(21)13(2)18/h4-7,13-14H,3,8-12H2,1-2H3. The molecular weight excluding hydrogens is 282 g/mol. The van der Waals surface area contributed by atoms with Crippen molar-refractivity contribution in [2.75, 3.05) is 19.6 Å². The summed E-state index contributed by atoms with van der Waals surface area (Å²) in [5.74, 6) is 1.75. The number of para-hydroxylation sites is 2. The summed E-state index contributed by atoms with van der Waals surface area (Å²) in [6.45, 7) is 8.92. The monoisotopic (exact) mass is 305 g/mol. The highest BCUT2D eigenvalue weighted by Crippen LogP contribution is 2.28. The topological polar surface area (TPSA) is 21.1 Å². The summed E-state index contributed by atoms with van der Waals surface area (Å²) in [6.07, 6.45) is 2.55. The lowest BCUT2D eigenvalue weighted by Gasteiger charge is -2.31. The predicted molar refractivity (Wildman–Crippen MR) is 88.8 cm³/mol. The lowest BCUT2D eigenvalue weighted by Crippen LogP contribution is -2.34. The van der Waals surface area contributed by atoms with Gasteiger partial charge in [-0.15, -0.1) is 11.6 Å². The number of alkyl halides is 1. The van der Waals surface area contributed by atoms with Gasteiger partial charge in [0.05, 0.1) is 16.4 Å². The second-order valence-corrected chi connectivity index (χ2v) is 6.72. The molecule has 1 fully saturated rings. The second-order valence-electron chi connectivity index (χ2n) is 6.06. The fourth-order valence-electron chi connectivity index (χ4n) is 3.33. The smallest absolute Gasteiger partial charge is 0.127 e. The van der Waals surface area contributed by atoms with Gasteiger partial charge < -0.3 is 9.47 Å². The van der Waals surface area contributed by atoms with Gasteiger partial charge in [0, 0.05) is 6.54 Å². The Morgan fingerprint density at radius 1 is 1.29 bits per heavy atom. The minimum Gasteiger partial charge on any atom is -0.326 e. The number of halogens is 1. The van der Waals surface area contributed by atoms with E-state index in [1.165, 1.54) is 38.0 Å². The van der Waals surface area contributed by atoms with Gasteiger partial charge in [-0.05, 0) is 57.5 Å². The molecule has 1 aromatic heterocycles. The van der Waals surface area contributed by atoms with E-state index >= 15 is 0 Å². The molecule has 0 amide bonds. The third-order valence-electron chi connectivity index (χ3n) is 4.64. The van der Waals surface area contributed by atoms with Crippen LogP contribution in [-0.2, 0) is 6.54 Å². The van der Waals surface area contributed by atoms with Gasteiger partial charge in [-0.2, -0.15) is 0 Å². The van der Waals surface area contributed by atoms with Crippen LogP contribution in [0, 0.1) is 5.92 Å². The fourth-order valence-corrected chi connectivity index (χ4v) is 3.50. The molecule has 0 aliphatic carbocycles. The van der Waals surface area contributed by atoms with Crippen LogP contribution in [-0.4, -0.2) is 34.1 Å². The predicted octanol–water partition coefficient (Wildman–Crippen LogP) is 4.07. The molecule has 0 radical (unpaired) electrons. The second kappa shape index (κ2) is 6.37. The van der Waals surface area contributed by atoms with Crippen molar-refractivity contribution in [3.63, 3.8) is 0 Å².